The molecule has 1 N–H and O–H groups in total. The molecule has 0 bridgehead atoms. The van der Waals surface area contributed by atoms with Gasteiger partial charge in [-0.2, -0.15) is 0 Å². The minimum atomic E-state index is -0.0291. The van der Waals surface area contributed by atoms with E-state index < -0.39 is 0 Å². The predicted molar refractivity (Wildman–Crippen MR) is 71.9 cm³/mol. The third-order valence-corrected chi connectivity index (χ3v) is 3.11. The van der Waals surface area contributed by atoms with Crippen molar-refractivity contribution < 1.29 is 4.79 Å². The van der Waals surface area contributed by atoms with Crippen LogP contribution in [-0.4, -0.2) is 24.9 Å². The topological polar surface area (TPSA) is 32.3 Å². The lowest BCUT2D eigenvalue weighted by atomic mass is 10.2. The van der Waals surface area contributed by atoms with Crippen LogP contribution in [0.15, 0.2) is 24.3 Å². The molecule has 0 spiro atoms. The second-order valence-electron chi connectivity index (χ2n) is 4.23. The predicted octanol–water partition coefficient (Wildman–Crippen LogP) is 2.85. The first-order valence-corrected chi connectivity index (χ1v) is 6.54. The lowest BCUT2D eigenvalue weighted by Crippen LogP contribution is -2.18. The van der Waals surface area contributed by atoms with Crippen LogP contribution in [0.1, 0.15) is 19.3 Å². The molecule has 17 heavy (non-hydrogen) atoms. The van der Waals surface area contributed by atoms with Crippen LogP contribution < -0.4 is 10.2 Å². The number of anilines is 2. The van der Waals surface area contributed by atoms with Crippen LogP contribution in [0.5, 0.6) is 0 Å². The highest BCUT2D eigenvalue weighted by atomic mass is 35.5. The highest BCUT2D eigenvalue weighted by Gasteiger charge is 2.12. The quantitative estimate of drug-likeness (QED) is 0.836. The minimum Gasteiger partial charge on any atom is -0.371 e. The van der Waals surface area contributed by atoms with Gasteiger partial charge in [0.25, 0.3) is 0 Å². The van der Waals surface area contributed by atoms with E-state index in [9.17, 15) is 4.79 Å². The number of carbonyl (C=O) groups is 1. The summed E-state index contributed by atoms with van der Waals surface area (Å²) in [6.07, 6.45) is 2.86. The summed E-state index contributed by atoms with van der Waals surface area (Å²) in [6, 6.07) is 8.00. The van der Waals surface area contributed by atoms with Gasteiger partial charge in [0.05, 0.1) is 0 Å². The summed E-state index contributed by atoms with van der Waals surface area (Å²) < 4.78 is 0. The minimum absolute atomic E-state index is 0.0291. The summed E-state index contributed by atoms with van der Waals surface area (Å²) >= 11 is 5.53. The number of amides is 1. The van der Waals surface area contributed by atoms with Gasteiger partial charge < -0.3 is 10.2 Å². The average molecular weight is 253 g/mol. The number of alkyl halides is 1. The van der Waals surface area contributed by atoms with Crippen LogP contribution in [-0.2, 0) is 4.79 Å². The number of benzene rings is 1. The number of hydrogen-bond donors (Lipinski definition) is 1. The second-order valence-corrected chi connectivity index (χ2v) is 4.61. The van der Waals surface area contributed by atoms with Crippen LogP contribution in [0.4, 0.5) is 11.4 Å². The lowest BCUT2D eigenvalue weighted by Gasteiger charge is -2.18. The summed E-state index contributed by atoms with van der Waals surface area (Å²) in [6.45, 7) is 2.22. The van der Waals surface area contributed by atoms with E-state index >= 15 is 0 Å². The van der Waals surface area contributed by atoms with Crippen molar-refractivity contribution in [2.75, 3.05) is 29.2 Å². The van der Waals surface area contributed by atoms with E-state index in [2.05, 4.69) is 16.3 Å². The largest absolute Gasteiger partial charge is 0.371 e. The van der Waals surface area contributed by atoms with Gasteiger partial charge in [-0.05, 0) is 31.0 Å². The molecule has 1 aromatic rings. The van der Waals surface area contributed by atoms with E-state index in [0.29, 0.717) is 12.3 Å². The molecule has 2 rings (SSSR count). The molecule has 0 atom stereocenters. The first-order valence-electron chi connectivity index (χ1n) is 6.00. The van der Waals surface area contributed by atoms with Gasteiger partial charge >= 0.3 is 0 Å². The maximum atomic E-state index is 11.4. The molecule has 1 aliphatic heterocycles. The van der Waals surface area contributed by atoms with Gasteiger partial charge in [0.2, 0.25) is 5.91 Å². The Bertz CT molecular complexity index is 389. The third kappa shape index (κ3) is 3.37. The fraction of sp³-hybridized carbons (Fsp3) is 0.462. The molecular weight excluding hydrogens is 236 g/mol. The Morgan fingerprint density at radius 3 is 2.82 bits per heavy atom. The van der Waals surface area contributed by atoms with Gasteiger partial charge in [0, 0.05) is 36.8 Å². The first kappa shape index (κ1) is 12.2. The lowest BCUT2D eigenvalue weighted by molar-refractivity contribution is -0.115. The van der Waals surface area contributed by atoms with E-state index in [0.717, 1.165) is 18.8 Å². The Morgan fingerprint density at radius 1 is 1.35 bits per heavy atom. The Hall–Kier alpha value is -1.22. The monoisotopic (exact) mass is 252 g/mol. The Balaban J connectivity index is 2.03. The maximum Gasteiger partial charge on any atom is 0.225 e. The normalized spacial score (nSPS) is 15.0. The van der Waals surface area contributed by atoms with E-state index in [1.807, 2.05) is 18.2 Å². The van der Waals surface area contributed by atoms with Crippen molar-refractivity contribution in [1.29, 1.82) is 0 Å². The third-order valence-electron chi connectivity index (χ3n) is 2.92. The number of rotatable bonds is 4. The smallest absolute Gasteiger partial charge is 0.225 e. The fourth-order valence-corrected chi connectivity index (χ4v) is 2.24. The molecule has 0 aromatic heterocycles. The van der Waals surface area contributed by atoms with E-state index in [1.54, 1.807) is 0 Å². The van der Waals surface area contributed by atoms with Gasteiger partial charge in [-0.15, -0.1) is 11.6 Å². The molecule has 1 amide bonds. The molecule has 1 heterocycles. The summed E-state index contributed by atoms with van der Waals surface area (Å²) in [4.78, 5) is 13.8. The maximum absolute atomic E-state index is 11.4. The van der Waals surface area contributed by atoms with Gasteiger partial charge in [-0.25, -0.2) is 0 Å². The summed E-state index contributed by atoms with van der Waals surface area (Å²) in [7, 11) is 0. The van der Waals surface area contributed by atoms with Crippen molar-refractivity contribution in [3.63, 3.8) is 0 Å². The number of nitrogens with zero attached hydrogens (tertiary/aromatic N) is 1. The molecule has 0 saturated carbocycles. The molecule has 1 aliphatic rings. The Morgan fingerprint density at radius 2 is 2.12 bits per heavy atom. The number of halogens is 1. The molecule has 0 radical (unpaired) electrons. The second kappa shape index (κ2) is 5.92. The first-order chi connectivity index (χ1) is 8.29. The van der Waals surface area contributed by atoms with Crippen molar-refractivity contribution in [2.24, 2.45) is 0 Å². The summed E-state index contributed by atoms with van der Waals surface area (Å²) in [5, 5.41) is 2.86. The Kier molecular flexibility index (Phi) is 4.26. The van der Waals surface area contributed by atoms with Gasteiger partial charge in [0.15, 0.2) is 0 Å². The number of hydrogen-bond acceptors (Lipinski definition) is 2. The van der Waals surface area contributed by atoms with Crippen molar-refractivity contribution in [1.82, 2.24) is 0 Å². The molecule has 1 aromatic carbocycles. The van der Waals surface area contributed by atoms with Crippen molar-refractivity contribution in [3.8, 4) is 0 Å². The molecule has 92 valence electrons. The van der Waals surface area contributed by atoms with Crippen LogP contribution in [0.25, 0.3) is 0 Å². The van der Waals surface area contributed by atoms with Gasteiger partial charge in [-0.3, -0.25) is 4.79 Å². The molecule has 3 nitrogen and oxygen atoms in total. The van der Waals surface area contributed by atoms with Crippen LogP contribution >= 0.6 is 11.6 Å². The fourth-order valence-electron chi connectivity index (χ4n) is 2.07. The SMILES string of the molecule is O=C(CCCl)Nc1cccc(N2CCCC2)c1. The molecule has 1 saturated heterocycles. The zero-order valence-corrected chi connectivity index (χ0v) is 10.5. The van der Waals surface area contributed by atoms with E-state index in [1.165, 1.54) is 18.5 Å². The zero-order valence-electron chi connectivity index (χ0n) is 9.79. The summed E-state index contributed by atoms with van der Waals surface area (Å²) in [5.41, 5.74) is 2.04. The van der Waals surface area contributed by atoms with Crippen molar-refractivity contribution in [3.05, 3.63) is 24.3 Å². The molecule has 1 fully saturated rings. The van der Waals surface area contributed by atoms with Gasteiger partial charge in [-0.1, -0.05) is 6.07 Å². The molecular formula is C13H17ClN2O. The molecule has 0 unspecified atom stereocenters. The molecule has 4 heteroatoms. The van der Waals surface area contributed by atoms with Crippen LogP contribution in [0.3, 0.4) is 0 Å². The van der Waals surface area contributed by atoms with Crippen LogP contribution in [0.2, 0.25) is 0 Å². The number of nitrogens with one attached hydrogen (secondary N) is 1. The van der Waals surface area contributed by atoms with Crippen molar-refractivity contribution >= 4 is 28.9 Å². The number of carbonyl (C=O) groups excluding carboxylic acids is 1. The van der Waals surface area contributed by atoms with Crippen molar-refractivity contribution in [2.45, 2.75) is 19.3 Å². The molecule has 0 aliphatic carbocycles. The standard InChI is InChI=1S/C13H17ClN2O/c14-7-6-13(17)15-11-4-3-5-12(10-11)16-8-1-2-9-16/h3-5,10H,1-2,6-9H2,(H,15,17). The average Bonchev–Trinajstić information content (AvgIpc) is 2.83. The van der Waals surface area contributed by atoms with Gasteiger partial charge in [0.1, 0.15) is 0 Å². The zero-order chi connectivity index (χ0) is 12.1. The van der Waals surface area contributed by atoms with Crippen LogP contribution in [0, 0.1) is 0 Å². The highest BCUT2D eigenvalue weighted by molar-refractivity contribution is 6.19. The Labute approximate surface area is 107 Å². The summed E-state index contributed by atoms with van der Waals surface area (Å²) in [5.74, 6) is 0.330. The highest BCUT2D eigenvalue weighted by Crippen LogP contribution is 2.23. The van der Waals surface area contributed by atoms with E-state index in [-0.39, 0.29) is 5.91 Å². The van der Waals surface area contributed by atoms with E-state index in [4.69, 9.17) is 11.6 Å².